The van der Waals surface area contributed by atoms with Crippen LogP contribution in [0.5, 0.6) is 0 Å². The number of carbonyl (C=O) groups is 1. The van der Waals surface area contributed by atoms with Crippen LogP contribution >= 0.6 is 11.6 Å². The number of nitrogens with one attached hydrogen (secondary N) is 1. The van der Waals surface area contributed by atoms with E-state index in [1.807, 2.05) is 0 Å². The zero-order valence-electron chi connectivity index (χ0n) is 10.9. The summed E-state index contributed by atoms with van der Waals surface area (Å²) in [5, 5.41) is 12.4. The van der Waals surface area contributed by atoms with E-state index in [1.165, 1.54) is 18.6 Å². The number of hydrogen-bond acceptors (Lipinski definition) is 4. The summed E-state index contributed by atoms with van der Waals surface area (Å²) >= 11 is 5.82. The highest BCUT2D eigenvalue weighted by Gasteiger charge is 2.22. The molecule has 0 bridgehead atoms. The minimum atomic E-state index is -0.997. The molecule has 19 heavy (non-hydrogen) atoms. The van der Waals surface area contributed by atoms with Crippen molar-refractivity contribution in [3.63, 3.8) is 0 Å². The Morgan fingerprint density at radius 2 is 2.42 bits per heavy atom. The van der Waals surface area contributed by atoms with E-state index in [0.717, 1.165) is 26.1 Å². The van der Waals surface area contributed by atoms with Crippen molar-refractivity contribution in [1.82, 2.24) is 9.88 Å². The average molecular weight is 284 g/mol. The van der Waals surface area contributed by atoms with Crippen molar-refractivity contribution in [2.45, 2.75) is 25.8 Å². The van der Waals surface area contributed by atoms with Crippen LogP contribution < -0.4 is 5.32 Å². The summed E-state index contributed by atoms with van der Waals surface area (Å²) in [6.07, 6.45) is 2.37. The van der Waals surface area contributed by atoms with Crippen LogP contribution in [0.15, 0.2) is 12.1 Å². The Balaban J connectivity index is 2.01. The summed E-state index contributed by atoms with van der Waals surface area (Å²) < 4.78 is 0. The molecular weight excluding hydrogens is 266 g/mol. The maximum absolute atomic E-state index is 10.9. The Hall–Kier alpha value is -1.33. The molecular formula is C13H18ClN3O2. The molecule has 1 unspecified atom stereocenters. The van der Waals surface area contributed by atoms with Crippen molar-refractivity contribution in [2.75, 3.05) is 25.0 Å². The number of halogens is 1. The molecule has 0 amide bonds. The molecule has 1 aromatic rings. The first-order valence-electron chi connectivity index (χ1n) is 6.49. The summed E-state index contributed by atoms with van der Waals surface area (Å²) in [6.45, 7) is 5.08. The first kappa shape index (κ1) is 14.1. The normalized spacial score (nSPS) is 19.6. The Kier molecular flexibility index (Phi) is 4.61. The highest BCUT2D eigenvalue weighted by Crippen LogP contribution is 2.19. The predicted octanol–water partition coefficient (Wildman–Crippen LogP) is 2.33. The number of anilines is 1. The van der Waals surface area contributed by atoms with E-state index >= 15 is 0 Å². The largest absolute Gasteiger partial charge is 0.478 e. The van der Waals surface area contributed by atoms with E-state index in [4.69, 9.17) is 16.7 Å². The molecule has 0 aliphatic carbocycles. The van der Waals surface area contributed by atoms with Crippen molar-refractivity contribution in [3.05, 3.63) is 22.8 Å². The van der Waals surface area contributed by atoms with Crippen LogP contribution in [-0.2, 0) is 0 Å². The van der Waals surface area contributed by atoms with E-state index in [1.54, 1.807) is 0 Å². The highest BCUT2D eigenvalue weighted by molar-refractivity contribution is 6.29. The monoisotopic (exact) mass is 283 g/mol. The van der Waals surface area contributed by atoms with E-state index in [2.05, 4.69) is 22.1 Å². The van der Waals surface area contributed by atoms with Gasteiger partial charge in [-0.3, -0.25) is 4.90 Å². The molecule has 0 spiro atoms. The summed E-state index contributed by atoms with van der Waals surface area (Å²) in [4.78, 5) is 17.5. The van der Waals surface area contributed by atoms with Crippen molar-refractivity contribution in [2.24, 2.45) is 0 Å². The van der Waals surface area contributed by atoms with Gasteiger partial charge in [0.15, 0.2) is 0 Å². The number of rotatable bonds is 5. The molecule has 1 aliphatic heterocycles. The Morgan fingerprint density at radius 1 is 1.63 bits per heavy atom. The first-order chi connectivity index (χ1) is 9.10. The van der Waals surface area contributed by atoms with Crippen LogP contribution in [0.3, 0.4) is 0 Å². The van der Waals surface area contributed by atoms with Crippen LogP contribution in [0.2, 0.25) is 5.15 Å². The molecule has 1 saturated heterocycles. The number of carboxylic acid groups (broad SMARTS) is 1. The van der Waals surface area contributed by atoms with Crippen LogP contribution in [0, 0.1) is 0 Å². The topological polar surface area (TPSA) is 65.5 Å². The van der Waals surface area contributed by atoms with Crippen LogP contribution in [0.25, 0.3) is 0 Å². The molecule has 0 aromatic carbocycles. The third-order valence-corrected chi connectivity index (χ3v) is 3.66. The van der Waals surface area contributed by atoms with Crippen molar-refractivity contribution < 1.29 is 9.90 Å². The molecule has 6 heteroatoms. The molecule has 1 aromatic heterocycles. The van der Waals surface area contributed by atoms with Gasteiger partial charge in [-0.2, -0.15) is 0 Å². The minimum Gasteiger partial charge on any atom is -0.478 e. The lowest BCUT2D eigenvalue weighted by atomic mass is 10.2. The SMILES string of the molecule is CCN1CCCC1CNc1cc(C(=O)O)cc(Cl)n1. The minimum absolute atomic E-state index is 0.154. The van der Waals surface area contributed by atoms with Crippen molar-refractivity contribution in [1.29, 1.82) is 0 Å². The van der Waals surface area contributed by atoms with Gasteiger partial charge in [-0.25, -0.2) is 9.78 Å². The third-order valence-electron chi connectivity index (χ3n) is 3.47. The second-order valence-corrected chi connectivity index (χ2v) is 5.06. The molecule has 2 heterocycles. The predicted molar refractivity (Wildman–Crippen MR) is 75.0 cm³/mol. The summed E-state index contributed by atoms with van der Waals surface area (Å²) in [5.41, 5.74) is 0.154. The van der Waals surface area contributed by atoms with Crippen LogP contribution in [-0.4, -0.2) is 46.6 Å². The van der Waals surface area contributed by atoms with E-state index < -0.39 is 5.97 Å². The lowest BCUT2D eigenvalue weighted by Crippen LogP contribution is -2.34. The number of carboxylic acids is 1. The molecule has 2 N–H and O–H groups in total. The Morgan fingerprint density at radius 3 is 3.11 bits per heavy atom. The molecule has 0 saturated carbocycles. The summed E-state index contributed by atoms with van der Waals surface area (Å²) in [6, 6.07) is 3.35. The number of likely N-dealkylation sites (N-methyl/N-ethyl adjacent to an activating group) is 1. The first-order valence-corrected chi connectivity index (χ1v) is 6.86. The molecule has 0 radical (unpaired) electrons. The van der Waals surface area contributed by atoms with Gasteiger partial charge >= 0.3 is 5.97 Å². The molecule has 2 rings (SSSR count). The van der Waals surface area contributed by atoms with Gasteiger partial charge < -0.3 is 10.4 Å². The third kappa shape index (κ3) is 3.58. The lowest BCUT2D eigenvalue weighted by Gasteiger charge is -2.23. The van der Waals surface area contributed by atoms with Gasteiger partial charge in [-0.1, -0.05) is 18.5 Å². The van der Waals surface area contributed by atoms with Gasteiger partial charge in [-0.05, 0) is 38.1 Å². The van der Waals surface area contributed by atoms with Gasteiger partial charge in [-0.15, -0.1) is 0 Å². The zero-order chi connectivity index (χ0) is 13.8. The molecule has 104 valence electrons. The summed E-state index contributed by atoms with van der Waals surface area (Å²) in [7, 11) is 0. The zero-order valence-corrected chi connectivity index (χ0v) is 11.7. The number of hydrogen-bond donors (Lipinski definition) is 2. The second-order valence-electron chi connectivity index (χ2n) is 4.67. The summed E-state index contributed by atoms with van der Waals surface area (Å²) in [5.74, 6) is -0.476. The molecule has 1 atom stereocenters. The van der Waals surface area contributed by atoms with E-state index in [0.29, 0.717) is 11.9 Å². The standard InChI is InChI=1S/C13H18ClN3O2/c1-2-17-5-3-4-10(17)8-15-12-7-9(13(18)19)6-11(14)16-12/h6-7,10H,2-5,8H2,1H3,(H,15,16)(H,18,19). The van der Waals surface area contributed by atoms with E-state index in [9.17, 15) is 4.79 Å². The fraction of sp³-hybridized carbons (Fsp3) is 0.538. The smallest absolute Gasteiger partial charge is 0.335 e. The highest BCUT2D eigenvalue weighted by atomic mass is 35.5. The van der Waals surface area contributed by atoms with Gasteiger partial charge in [0, 0.05) is 12.6 Å². The van der Waals surface area contributed by atoms with Crippen molar-refractivity contribution >= 4 is 23.4 Å². The van der Waals surface area contributed by atoms with Crippen LogP contribution in [0.4, 0.5) is 5.82 Å². The number of likely N-dealkylation sites (tertiary alicyclic amines) is 1. The Bertz CT molecular complexity index is 467. The van der Waals surface area contributed by atoms with Gasteiger partial charge in [0.25, 0.3) is 0 Å². The number of pyridine rings is 1. The van der Waals surface area contributed by atoms with Gasteiger partial charge in [0.05, 0.1) is 5.56 Å². The average Bonchev–Trinajstić information content (AvgIpc) is 2.83. The number of aromatic nitrogens is 1. The van der Waals surface area contributed by atoms with Gasteiger partial charge in [0.1, 0.15) is 11.0 Å². The number of aromatic carboxylic acids is 1. The quantitative estimate of drug-likeness (QED) is 0.812. The maximum atomic E-state index is 10.9. The fourth-order valence-electron chi connectivity index (χ4n) is 2.48. The maximum Gasteiger partial charge on any atom is 0.335 e. The molecule has 5 nitrogen and oxygen atoms in total. The Labute approximate surface area is 117 Å². The fourth-order valence-corrected chi connectivity index (χ4v) is 2.68. The lowest BCUT2D eigenvalue weighted by molar-refractivity contribution is 0.0697. The van der Waals surface area contributed by atoms with E-state index in [-0.39, 0.29) is 10.7 Å². The van der Waals surface area contributed by atoms with Crippen molar-refractivity contribution in [3.8, 4) is 0 Å². The van der Waals surface area contributed by atoms with Gasteiger partial charge in [0.2, 0.25) is 0 Å². The number of nitrogens with zero attached hydrogens (tertiary/aromatic N) is 2. The second kappa shape index (κ2) is 6.21. The van der Waals surface area contributed by atoms with Crippen LogP contribution in [0.1, 0.15) is 30.1 Å². The molecule has 1 fully saturated rings. The molecule has 1 aliphatic rings.